The Bertz CT molecular complexity index is 673. The normalized spacial score (nSPS) is 11.8. The summed E-state index contributed by atoms with van der Waals surface area (Å²) in [6.07, 6.45) is 0.553. The Balaban J connectivity index is 2.01. The van der Waals surface area contributed by atoms with Crippen LogP contribution in [0.4, 0.5) is 0 Å². The van der Waals surface area contributed by atoms with Crippen LogP contribution < -0.4 is 4.72 Å². The fourth-order valence-corrected chi connectivity index (χ4v) is 3.16. The topological polar surface area (TPSA) is 72.2 Å². The Hall–Kier alpha value is -1.18. The molecule has 1 aromatic carbocycles. The van der Waals surface area contributed by atoms with Crippen LogP contribution in [-0.2, 0) is 16.4 Å². The van der Waals surface area contributed by atoms with E-state index in [9.17, 15) is 8.42 Å². The summed E-state index contributed by atoms with van der Waals surface area (Å²) in [4.78, 5) is 0.250. The lowest BCUT2D eigenvalue weighted by atomic mass is 10.1. The second-order valence-electron chi connectivity index (χ2n) is 4.40. The Labute approximate surface area is 126 Å². The van der Waals surface area contributed by atoms with Gasteiger partial charge in [-0.2, -0.15) is 0 Å². The summed E-state index contributed by atoms with van der Waals surface area (Å²) in [7, 11) is -3.48. The van der Waals surface area contributed by atoms with Gasteiger partial charge in [-0.25, -0.2) is 13.1 Å². The molecule has 2 rings (SSSR count). The van der Waals surface area contributed by atoms with Gasteiger partial charge >= 0.3 is 0 Å². The van der Waals surface area contributed by atoms with Crippen LogP contribution in [0.2, 0.25) is 0 Å². The van der Waals surface area contributed by atoms with Crippen LogP contribution in [0, 0.1) is 13.8 Å². The Morgan fingerprint density at radius 1 is 1.25 bits per heavy atom. The summed E-state index contributed by atoms with van der Waals surface area (Å²) in [5.41, 5.74) is 1.74. The third-order valence-electron chi connectivity index (χ3n) is 2.97. The van der Waals surface area contributed by atoms with Gasteiger partial charge in [0.25, 0.3) is 0 Å². The SMILES string of the molecule is Cc1noc(C)c1CCNS(=O)(=O)c1ccc(Br)cc1. The number of aryl methyl sites for hydroxylation is 2. The van der Waals surface area contributed by atoms with Gasteiger partial charge in [0.1, 0.15) is 5.76 Å². The number of nitrogens with zero attached hydrogens (tertiary/aromatic N) is 1. The molecule has 1 N–H and O–H groups in total. The first-order chi connectivity index (χ1) is 9.40. The Kier molecular flexibility index (Phi) is 4.62. The molecule has 7 heteroatoms. The Morgan fingerprint density at radius 2 is 1.90 bits per heavy atom. The molecule has 0 aliphatic carbocycles. The molecule has 0 saturated heterocycles. The molecule has 0 spiro atoms. The molecule has 5 nitrogen and oxygen atoms in total. The smallest absolute Gasteiger partial charge is 0.240 e. The molecule has 0 atom stereocenters. The van der Waals surface area contributed by atoms with Gasteiger partial charge in [-0.3, -0.25) is 0 Å². The average Bonchev–Trinajstić information content (AvgIpc) is 2.71. The minimum atomic E-state index is -3.48. The van der Waals surface area contributed by atoms with Gasteiger partial charge < -0.3 is 4.52 Å². The lowest BCUT2D eigenvalue weighted by Crippen LogP contribution is -2.26. The predicted molar refractivity (Wildman–Crippen MR) is 79.0 cm³/mol. The minimum absolute atomic E-state index is 0.250. The molecule has 1 heterocycles. The van der Waals surface area contributed by atoms with Crippen LogP contribution in [0.15, 0.2) is 38.2 Å². The maximum absolute atomic E-state index is 12.1. The molecule has 0 saturated carbocycles. The zero-order valence-electron chi connectivity index (χ0n) is 11.2. The minimum Gasteiger partial charge on any atom is -0.361 e. The van der Waals surface area contributed by atoms with E-state index in [0.29, 0.717) is 13.0 Å². The lowest BCUT2D eigenvalue weighted by Gasteiger charge is -2.06. The first-order valence-corrected chi connectivity index (χ1v) is 8.35. The van der Waals surface area contributed by atoms with Crippen LogP contribution in [0.5, 0.6) is 0 Å². The van der Waals surface area contributed by atoms with Crippen molar-refractivity contribution in [2.45, 2.75) is 25.2 Å². The molecular formula is C13H15BrN2O3S. The highest BCUT2D eigenvalue weighted by Gasteiger charge is 2.14. The van der Waals surface area contributed by atoms with E-state index in [4.69, 9.17) is 4.52 Å². The molecule has 0 radical (unpaired) electrons. The van der Waals surface area contributed by atoms with Gasteiger partial charge in [-0.15, -0.1) is 0 Å². The number of halogens is 1. The monoisotopic (exact) mass is 358 g/mol. The van der Waals surface area contributed by atoms with Crippen molar-refractivity contribution < 1.29 is 12.9 Å². The number of rotatable bonds is 5. The van der Waals surface area contributed by atoms with E-state index in [1.54, 1.807) is 24.3 Å². The van der Waals surface area contributed by atoms with Crippen molar-refractivity contribution in [2.24, 2.45) is 0 Å². The maximum atomic E-state index is 12.1. The van der Waals surface area contributed by atoms with Crippen LogP contribution >= 0.6 is 15.9 Å². The van der Waals surface area contributed by atoms with E-state index >= 15 is 0 Å². The molecule has 2 aromatic rings. The first kappa shape index (κ1) is 15.2. The summed E-state index contributed by atoms with van der Waals surface area (Å²) >= 11 is 3.27. The number of hydrogen-bond acceptors (Lipinski definition) is 4. The van der Waals surface area contributed by atoms with E-state index < -0.39 is 10.0 Å². The van der Waals surface area contributed by atoms with Gasteiger partial charge in [0, 0.05) is 16.6 Å². The summed E-state index contributed by atoms with van der Waals surface area (Å²) in [5.74, 6) is 0.727. The maximum Gasteiger partial charge on any atom is 0.240 e. The third-order valence-corrected chi connectivity index (χ3v) is 4.98. The second-order valence-corrected chi connectivity index (χ2v) is 7.09. The predicted octanol–water partition coefficient (Wildman–Crippen LogP) is 2.57. The molecular weight excluding hydrogens is 344 g/mol. The van der Waals surface area contributed by atoms with Crippen molar-refractivity contribution in [1.29, 1.82) is 0 Å². The third kappa shape index (κ3) is 3.47. The van der Waals surface area contributed by atoms with Gasteiger partial charge in [0.15, 0.2) is 0 Å². The van der Waals surface area contributed by atoms with Gasteiger partial charge in [0.05, 0.1) is 10.6 Å². The van der Waals surface area contributed by atoms with Crippen LogP contribution in [-0.4, -0.2) is 20.1 Å². The standard InChI is InChI=1S/C13H15BrN2O3S/c1-9-13(10(2)19-16-9)7-8-15-20(17,18)12-5-3-11(14)4-6-12/h3-6,15H,7-8H2,1-2H3. The van der Waals surface area contributed by atoms with E-state index in [1.165, 1.54) is 0 Å². The van der Waals surface area contributed by atoms with Crippen molar-refractivity contribution in [3.8, 4) is 0 Å². The molecule has 0 unspecified atom stereocenters. The fraction of sp³-hybridized carbons (Fsp3) is 0.308. The highest BCUT2D eigenvalue weighted by atomic mass is 79.9. The number of nitrogens with one attached hydrogen (secondary N) is 1. The number of benzene rings is 1. The van der Waals surface area contributed by atoms with Crippen molar-refractivity contribution in [1.82, 2.24) is 9.88 Å². The van der Waals surface area contributed by atoms with Crippen LogP contribution in [0.1, 0.15) is 17.0 Å². The molecule has 20 heavy (non-hydrogen) atoms. The number of aromatic nitrogens is 1. The van der Waals surface area contributed by atoms with E-state index in [-0.39, 0.29) is 4.90 Å². The number of hydrogen-bond donors (Lipinski definition) is 1. The Morgan fingerprint density at radius 3 is 2.45 bits per heavy atom. The molecule has 0 bridgehead atoms. The molecule has 108 valence electrons. The van der Waals surface area contributed by atoms with Crippen molar-refractivity contribution >= 4 is 26.0 Å². The van der Waals surface area contributed by atoms with E-state index in [2.05, 4.69) is 25.8 Å². The summed E-state index contributed by atoms with van der Waals surface area (Å²) in [5, 5.41) is 3.84. The largest absolute Gasteiger partial charge is 0.361 e. The fourth-order valence-electron chi connectivity index (χ4n) is 1.87. The van der Waals surface area contributed by atoms with E-state index in [1.807, 2.05) is 13.8 Å². The highest BCUT2D eigenvalue weighted by molar-refractivity contribution is 9.10. The molecule has 0 aliphatic heterocycles. The molecule has 0 amide bonds. The average molecular weight is 359 g/mol. The highest BCUT2D eigenvalue weighted by Crippen LogP contribution is 2.15. The zero-order chi connectivity index (χ0) is 14.8. The van der Waals surface area contributed by atoms with Crippen molar-refractivity contribution in [3.63, 3.8) is 0 Å². The molecule has 1 aromatic heterocycles. The first-order valence-electron chi connectivity index (χ1n) is 6.07. The quantitative estimate of drug-likeness (QED) is 0.891. The summed E-state index contributed by atoms with van der Waals surface area (Å²) < 4.78 is 32.6. The zero-order valence-corrected chi connectivity index (χ0v) is 13.6. The molecule has 0 aliphatic rings. The lowest BCUT2D eigenvalue weighted by molar-refractivity contribution is 0.392. The van der Waals surface area contributed by atoms with Crippen LogP contribution in [0.25, 0.3) is 0 Å². The summed E-state index contributed by atoms with van der Waals surface area (Å²) in [6.45, 7) is 3.97. The van der Waals surface area contributed by atoms with Crippen LogP contribution in [0.3, 0.4) is 0 Å². The van der Waals surface area contributed by atoms with Crippen molar-refractivity contribution in [2.75, 3.05) is 6.54 Å². The van der Waals surface area contributed by atoms with Gasteiger partial charge in [-0.1, -0.05) is 21.1 Å². The summed E-state index contributed by atoms with van der Waals surface area (Å²) in [6, 6.07) is 6.51. The van der Waals surface area contributed by atoms with Gasteiger partial charge in [-0.05, 0) is 44.5 Å². The van der Waals surface area contributed by atoms with Gasteiger partial charge in [0.2, 0.25) is 10.0 Å². The second kappa shape index (κ2) is 6.07. The number of sulfonamides is 1. The molecule has 0 fully saturated rings. The van der Waals surface area contributed by atoms with Crippen molar-refractivity contribution in [3.05, 3.63) is 45.8 Å². The van der Waals surface area contributed by atoms with E-state index in [0.717, 1.165) is 21.5 Å².